The highest BCUT2D eigenvalue weighted by Crippen LogP contribution is 2.29. The Morgan fingerprint density at radius 3 is 2.76 bits per heavy atom. The van der Waals surface area contributed by atoms with Gasteiger partial charge in [-0.1, -0.05) is 0 Å². The molecule has 0 saturated heterocycles. The fourth-order valence-electron chi connectivity index (χ4n) is 3.66. The van der Waals surface area contributed by atoms with Crippen LogP contribution in [0.15, 0.2) is 42.6 Å². The molecule has 2 N–H and O–H groups in total. The van der Waals surface area contributed by atoms with Gasteiger partial charge >= 0.3 is 0 Å². The quantitative estimate of drug-likeness (QED) is 0.557. The molecule has 2 aromatic carbocycles. The van der Waals surface area contributed by atoms with E-state index in [4.69, 9.17) is 4.74 Å². The Hall–Kier alpha value is -3.27. The van der Waals surface area contributed by atoms with Crippen LogP contribution in [0.5, 0.6) is 5.75 Å². The maximum Gasteiger partial charge on any atom is 0.227 e. The maximum atomic E-state index is 14.5. The number of anilines is 3. The van der Waals surface area contributed by atoms with Crippen LogP contribution >= 0.6 is 0 Å². The molecule has 4 rings (SSSR count). The highest BCUT2D eigenvalue weighted by molar-refractivity contribution is 7.89. The van der Waals surface area contributed by atoms with Gasteiger partial charge < -0.3 is 15.4 Å². The van der Waals surface area contributed by atoms with Crippen molar-refractivity contribution in [3.05, 3.63) is 59.8 Å². The van der Waals surface area contributed by atoms with Crippen molar-refractivity contribution in [3.8, 4) is 17.0 Å². The lowest BCUT2D eigenvalue weighted by atomic mass is 10.1. The molecular formula is C23H24F2N4O3S. The van der Waals surface area contributed by atoms with Crippen LogP contribution in [0.4, 0.5) is 26.1 Å². The Kier molecular flexibility index (Phi) is 6.46. The van der Waals surface area contributed by atoms with Crippen LogP contribution < -0.4 is 15.4 Å². The summed E-state index contributed by atoms with van der Waals surface area (Å²) in [5, 5.41) is 6.04. The van der Waals surface area contributed by atoms with Crippen LogP contribution in [-0.4, -0.2) is 37.3 Å². The highest BCUT2D eigenvalue weighted by atomic mass is 32.2. The third-order valence-electron chi connectivity index (χ3n) is 5.08. The lowest BCUT2D eigenvalue weighted by Gasteiger charge is -2.18. The number of nitrogens with zero attached hydrogens (tertiary/aromatic N) is 2. The molecule has 0 saturated carbocycles. The Morgan fingerprint density at radius 1 is 1.15 bits per heavy atom. The van der Waals surface area contributed by atoms with E-state index in [2.05, 4.69) is 20.6 Å². The summed E-state index contributed by atoms with van der Waals surface area (Å²) in [5.41, 5.74) is 1.72. The SMILES string of the molecule is C[C@@H]1CCCNc2cc(ccc2F)-c2nc(ncc2F)Nc2cc(CS(C)(=O)=O)cc(c2)O1. The molecule has 3 aromatic rings. The number of nitrogens with one attached hydrogen (secondary N) is 2. The number of halogens is 2. The van der Waals surface area contributed by atoms with Crippen LogP contribution in [0, 0.1) is 11.6 Å². The number of aromatic nitrogens is 2. The van der Waals surface area contributed by atoms with Gasteiger partial charge in [0.1, 0.15) is 17.3 Å². The first kappa shape index (κ1) is 22.9. The van der Waals surface area contributed by atoms with E-state index in [0.29, 0.717) is 42.0 Å². The van der Waals surface area contributed by atoms with Gasteiger partial charge in [-0.05, 0) is 55.7 Å². The van der Waals surface area contributed by atoms with Gasteiger partial charge in [-0.25, -0.2) is 27.2 Å². The summed E-state index contributed by atoms with van der Waals surface area (Å²) in [6, 6.07) is 9.30. The topological polar surface area (TPSA) is 93.2 Å². The third kappa shape index (κ3) is 5.95. The average molecular weight is 475 g/mol. The number of rotatable bonds is 2. The number of benzene rings is 2. The van der Waals surface area contributed by atoms with Gasteiger partial charge in [0.15, 0.2) is 15.7 Å². The molecule has 2 heterocycles. The van der Waals surface area contributed by atoms with E-state index >= 15 is 0 Å². The predicted octanol–water partition coefficient (Wildman–Crippen LogP) is 4.68. The second kappa shape index (κ2) is 9.30. The highest BCUT2D eigenvalue weighted by Gasteiger charge is 2.15. The van der Waals surface area contributed by atoms with Gasteiger partial charge in [0.05, 0.1) is 23.7 Å². The largest absolute Gasteiger partial charge is 0.491 e. The minimum atomic E-state index is -3.27. The molecule has 0 fully saturated rings. The monoisotopic (exact) mass is 474 g/mol. The summed E-state index contributed by atoms with van der Waals surface area (Å²) in [7, 11) is -3.27. The lowest BCUT2D eigenvalue weighted by Crippen LogP contribution is -2.15. The molecule has 1 aromatic heterocycles. The molecular weight excluding hydrogens is 450 g/mol. The molecule has 7 nitrogen and oxygen atoms in total. The van der Waals surface area contributed by atoms with Gasteiger partial charge in [-0.15, -0.1) is 0 Å². The first-order valence-electron chi connectivity index (χ1n) is 10.5. The van der Waals surface area contributed by atoms with E-state index in [1.807, 2.05) is 6.92 Å². The molecule has 33 heavy (non-hydrogen) atoms. The molecule has 1 aliphatic rings. The molecule has 0 spiro atoms. The van der Waals surface area contributed by atoms with E-state index in [1.165, 1.54) is 18.2 Å². The van der Waals surface area contributed by atoms with E-state index < -0.39 is 21.5 Å². The number of fused-ring (bicyclic) bond motifs is 7. The molecule has 1 aliphatic heterocycles. The summed E-state index contributed by atoms with van der Waals surface area (Å²) in [6.07, 6.45) is 3.42. The molecule has 1 atom stereocenters. The third-order valence-corrected chi connectivity index (χ3v) is 5.93. The predicted molar refractivity (Wildman–Crippen MR) is 123 cm³/mol. The normalized spacial score (nSPS) is 16.3. The van der Waals surface area contributed by atoms with Crippen molar-refractivity contribution in [1.82, 2.24) is 9.97 Å². The van der Waals surface area contributed by atoms with Crippen molar-refractivity contribution >= 4 is 27.2 Å². The molecule has 0 aliphatic carbocycles. The maximum absolute atomic E-state index is 14.5. The Bertz CT molecular complexity index is 1280. The molecule has 174 valence electrons. The number of hydrogen-bond donors (Lipinski definition) is 2. The summed E-state index contributed by atoms with van der Waals surface area (Å²) in [4.78, 5) is 8.27. The summed E-state index contributed by atoms with van der Waals surface area (Å²) in [6.45, 7) is 2.41. The van der Waals surface area contributed by atoms with E-state index in [9.17, 15) is 17.2 Å². The number of hydrogen-bond acceptors (Lipinski definition) is 7. The van der Waals surface area contributed by atoms with Crippen molar-refractivity contribution in [2.45, 2.75) is 31.6 Å². The molecule has 0 unspecified atom stereocenters. The Balaban J connectivity index is 1.79. The zero-order valence-corrected chi connectivity index (χ0v) is 19.0. The van der Waals surface area contributed by atoms with Crippen molar-refractivity contribution in [2.75, 3.05) is 23.4 Å². The number of ether oxygens (including phenoxy) is 1. The minimum absolute atomic E-state index is 0.0139. The first-order chi connectivity index (χ1) is 15.7. The fraction of sp³-hybridized carbons (Fsp3) is 0.304. The standard InChI is InChI=1S/C23H24F2N4O3S/c1-14-4-3-7-26-21-10-16(5-6-19(21)24)22-20(25)12-27-23(29-22)28-17-8-15(13-33(2,30)31)9-18(11-17)32-14/h5-6,8-12,14,26H,3-4,7,13H2,1-2H3,(H,27,28,29)/t14-/m1/s1. The van der Waals surface area contributed by atoms with Gasteiger partial charge in [-0.2, -0.15) is 0 Å². The zero-order chi connectivity index (χ0) is 23.6. The average Bonchev–Trinajstić information content (AvgIpc) is 2.72. The van der Waals surface area contributed by atoms with Crippen molar-refractivity contribution < 1.29 is 21.9 Å². The zero-order valence-electron chi connectivity index (χ0n) is 18.2. The second-order valence-corrected chi connectivity index (χ2v) is 10.3. The van der Waals surface area contributed by atoms with Crippen LogP contribution in [0.3, 0.4) is 0 Å². The van der Waals surface area contributed by atoms with Crippen LogP contribution in [0.25, 0.3) is 11.3 Å². The lowest BCUT2D eigenvalue weighted by molar-refractivity contribution is 0.209. The summed E-state index contributed by atoms with van der Waals surface area (Å²) in [5.74, 6) is -0.656. The van der Waals surface area contributed by atoms with E-state index in [0.717, 1.165) is 12.5 Å². The molecule has 0 radical (unpaired) electrons. The van der Waals surface area contributed by atoms with E-state index in [-0.39, 0.29) is 29.2 Å². The van der Waals surface area contributed by atoms with Gasteiger partial charge in [0, 0.05) is 30.1 Å². The second-order valence-electron chi connectivity index (χ2n) is 8.14. The van der Waals surface area contributed by atoms with Gasteiger partial charge in [0.2, 0.25) is 5.95 Å². The Morgan fingerprint density at radius 2 is 1.97 bits per heavy atom. The minimum Gasteiger partial charge on any atom is -0.491 e. The summed E-state index contributed by atoms with van der Waals surface area (Å²) < 4.78 is 58.5. The van der Waals surface area contributed by atoms with E-state index in [1.54, 1.807) is 18.2 Å². The first-order valence-corrected chi connectivity index (χ1v) is 12.5. The molecule has 10 heteroatoms. The van der Waals surface area contributed by atoms with Gasteiger partial charge in [-0.3, -0.25) is 0 Å². The number of sulfone groups is 1. The van der Waals surface area contributed by atoms with Crippen molar-refractivity contribution in [3.63, 3.8) is 0 Å². The fourth-order valence-corrected chi connectivity index (χ4v) is 4.43. The Labute approximate surface area is 191 Å². The van der Waals surface area contributed by atoms with Crippen LogP contribution in [0.1, 0.15) is 25.3 Å². The molecule has 6 bridgehead atoms. The van der Waals surface area contributed by atoms with Gasteiger partial charge in [0.25, 0.3) is 0 Å². The van der Waals surface area contributed by atoms with Crippen LogP contribution in [0.2, 0.25) is 0 Å². The summed E-state index contributed by atoms with van der Waals surface area (Å²) >= 11 is 0. The molecule has 0 amide bonds. The van der Waals surface area contributed by atoms with Crippen LogP contribution in [-0.2, 0) is 15.6 Å². The smallest absolute Gasteiger partial charge is 0.227 e. The van der Waals surface area contributed by atoms with Crippen molar-refractivity contribution in [2.24, 2.45) is 0 Å². The van der Waals surface area contributed by atoms with Crippen molar-refractivity contribution in [1.29, 1.82) is 0 Å².